The first-order valence-electron chi connectivity index (χ1n) is 7.05. The van der Waals surface area contributed by atoms with Crippen LogP contribution >= 0.6 is 11.3 Å². The molecule has 0 saturated carbocycles. The first-order chi connectivity index (χ1) is 10.9. The Morgan fingerprint density at radius 2 is 2.04 bits per heavy atom. The maximum atomic E-state index is 12.1. The number of benzene rings is 1. The number of anilines is 1. The molecular weight excluding hydrogens is 312 g/mol. The van der Waals surface area contributed by atoms with Crippen LogP contribution in [0.25, 0.3) is 10.6 Å². The predicted octanol–water partition coefficient (Wildman–Crippen LogP) is 2.87. The van der Waals surface area contributed by atoms with Crippen LogP contribution in [0.1, 0.15) is 36.8 Å². The Morgan fingerprint density at radius 1 is 1.26 bits per heavy atom. The standard InChI is InChI=1S/C15H16N6OS/c1-15(2,3)10-7-5-4-6-9(10)13-16-11(8-23-13)12(22)17-14-18-20-21-19-14/h4-8H,1-3H3,(H2,17,18,19,20,21,22). The summed E-state index contributed by atoms with van der Waals surface area (Å²) in [4.78, 5) is 16.6. The number of aromatic amines is 1. The Balaban J connectivity index is 1.89. The van der Waals surface area contributed by atoms with Gasteiger partial charge in [-0.2, -0.15) is 5.21 Å². The number of hydrogen-bond donors (Lipinski definition) is 2. The first-order valence-corrected chi connectivity index (χ1v) is 7.93. The molecule has 0 aliphatic rings. The second kappa shape index (κ2) is 5.88. The molecule has 8 heteroatoms. The van der Waals surface area contributed by atoms with Crippen LogP contribution in [0.5, 0.6) is 0 Å². The molecule has 0 aliphatic heterocycles. The average molecular weight is 328 g/mol. The Morgan fingerprint density at radius 3 is 2.74 bits per heavy atom. The van der Waals surface area contributed by atoms with Crippen molar-refractivity contribution in [1.29, 1.82) is 0 Å². The van der Waals surface area contributed by atoms with Gasteiger partial charge in [-0.3, -0.25) is 10.1 Å². The average Bonchev–Trinajstić information content (AvgIpc) is 3.17. The number of carbonyl (C=O) groups excluding carboxylic acids is 1. The van der Waals surface area contributed by atoms with Gasteiger partial charge in [0.2, 0.25) is 0 Å². The molecule has 2 aromatic heterocycles. The molecule has 0 spiro atoms. The minimum Gasteiger partial charge on any atom is -0.286 e. The summed E-state index contributed by atoms with van der Waals surface area (Å²) >= 11 is 1.44. The van der Waals surface area contributed by atoms with E-state index in [2.05, 4.69) is 57.8 Å². The lowest BCUT2D eigenvalue weighted by atomic mass is 9.84. The number of rotatable bonds is 3. The molecule has 0 fully saturated rings. The number of amides is 1. The second-order valence-corrected chi connectivity index (χ2v) is 6.88. The van der Waals surface area contributed by atoms with Crippen molar-refractivity contribution in [3.63, 3.8) is 0 Å². The minimum atomic E-state index is -0.359. The van der Waals surface area contributed by atoms with Crippen molar-refractivity contribution in [2.24, 2.45) is 0 Å². The third-order valence-electron chi connectivity index (χ3n) is 3.27. The number of tetrazole rings is 1. The fraction of sp³-hybridized carbons (Fsp3) is 0.267. The fourth-order valence-electron chi connectivity index (χ4n) is 2.21. The van der Waals surface area contributed by atoms with Crippen molar-refractivity contribution in [2.45, 2.75) is 26.2 Å². The number of carbonyl (C=O) groups is 1. The summed E-state index contributed by atoms with van der Waals surface area (Å²) in [5.41, 5.74) is 2.57. The van der Waals surface area contributed by atoms with Gasteiger partial charge in [0.05, 0.1) is 0 Å². The Hall–Kier alpha value is -2.61. The van der Waals surface area contributed by atoms with Gasteiger partial charge in [-0.1, -0.05) is 50.1 Å². The third kappa shape index (κ3) is 3.26. The summed E-state index contributed by atoms with van der Waals surface area (Å²) in [5.74, 6) is -0.234. The van der Waals surface area contributed by atoms with Gasteiger partial charge < -0.3 is 0 Å². The van der Waals surface area contributed by atoms with Crippen LogP contribution in [-0.2, 0) is 5.41 Å². The topological polar surface area (TPSA) is 96.5 Å². The van der Waals surface area contributed by atoms with Crippen molar-refractivity contribution >= 4 is 23.2 Å². The molecule has 23 heavy (non-hydrogen) atoms. The zero-order valence-corrected chi connectivity index (χ0v) is 13.8. The van der Waals surface area contributed by atoms with Gasteiger partial charge in [-0.15, -0.1) is 16.4 Å². The van der Waals surface area contributed by atoms with Gasteiger partial charge in [0.25, 0.3) is 11.9 Å². The van der Waals surface area contributed by atoms with E-state index in [1.807, 2.05) is 18.2 Å². The number of thiazole rings is 1. The molecule has 0 radical (unpaired) electrons. The van der Waals surface area contributed by atoms with Crippen LogP contribution in [0.2, 0.25) is 0 Å². The summed E-state index contributed by atoms with van der Waals surface area (Å²) in [6.45, 7) is 6.47. The lowest BCUT2D eigenvalue weighted by Gasteiger charge is -2.21. The van der Waals surface area contributed by atoms with E-state index in [-0.39, 0.29) is 17.3 Å². The molecule has 0 unspecified atom stereocenters. The van der Waals surface area contributed by atoms with E-state index in [4.69, 9.17) is 0 Å². The molecule has 0 aliphatic carbocycles. The van der Waals surface area contributed by atoms with E-state index in [0.29, 0.717) is 5.69 Å². The third-order valence-corrected chi connectivity index (χ3v) is 4.15. The highest BCUT2D eigenvalue weighted by Gasteiger charge is 2.21. The molecule has 118 valence electrons. The summed E-state index contributed by atoms with van der Waals surface area (Å²) in [5, 5.41) is 18.1. The molecule has 1 aromatic carbocycles. The quantitative estimate of drug-likeness (QED) is 0.770. The molecule has 3 rings (SSSR count). The molecule has 0 atom stereocenters. The van der Waals surface area contributed by atoms with Gasteiger partial charge in [-0.05, 0) is 16.2 Å². The van der Waals surface area contributed by atoms with Crippen LogP contribution in [0.15, 0.2) is 29.6 Å². The smallest absolute Gasteiger partial charge is 0.277 e. The number of hydrogen-bond acceptors (Lipinski definition) is 6. The highest BCUT2D eigenvalue weighted by Crippen LogP contribution is 2.34. The van der Waals surface area contributed by atoms with Crippen LogP contribution in [0.3, 0.4) is 0 Å². The monoisotopic (exact) mass is 328 g/mol. The van der Waals surface area contributed by atoms with Crippen molar-refractivity contribution < 1.29 is 4.79 Å². The molecule has 0 bridgehead atoms. The number of H-pyrrole nitrogens is 1. The molecular formula is C15H16N6OS. The van der Waals surface area contributed by atoms with E-state index >= 15 is 0 Å². The van der Waals surface area contributed by atoms with Gasteiger partial charge in [-0.25, -0.2) is 4.98 Å². The largest absolute Gasteiger partial charge is 0.286 e. The summed E-state index contributed by atoms with van der Waals surface area (Å²) in [6.07, 6.45) is 0. The van der Waals surface area contributed by atoms with Crippen LogP contribution < -0.4 is 5.32 Å². The van der Waals surface area contributed by atoms with Crippen molar-refractivity contribution in [1.82, 2.24) is 25.6 Å². The lowest BCUT2D eigenvalue weighted by Crippen LogP contribution is -2.14. The molecule has 7 nitrogen and oxygen atoms in total. The molecule has 0 saturated heterocycles. The zero-order chi connectivity index (χ0) is 16.4. The van der Waals surface area contributed by atoms with Crippen molar-refractivity contribution in [2.75, 3.05) is 5.32 Å². The highest BCUT2D eigenvalue weighted by atomic mass is 32.1. The van der Waals surface area contributed by atoms with Gasteiger partial charge >= 0.3 is 0 Å². The first kappa shape index (κ1) is 15.3. The highest BCUT2D eigenvalue weighted by molar-refractivity contribution is 7.13. The fourth-order valence-corrected chi connectivity index (χ4v) is 3.04. The van der Waals surface area contributed by atoms with Gasteiger partial charge in [0, 0.05) is 10.9 Å². The maximum Gasteiger partial charge on any atom is 0.277 e. The second-order valence-electron chi connectivity index (χ2n) is 6.02. The Bertz CT molecular complexity index is 819. The minimum absolute atomic E-state index is 0.00464. The maximum absolute atomic E-state index is 12.1. The van der Waals surface area contributed by atoms with E-state index in [9.17, 15) is 4.79 Å². The number of nitrogens with zero attached hydrogens (tertiary/aromatic N) is 4. The molecule has 2 N–H and O–H groups in total. The molecule has 2 heterocycles. The SMILES string of the molecule is CC(C)(C)c1ccccc1-c1nc(C(=O)Nc2nn[nH]n2)cs1. The van der Waals surface area contributed by atoms with Crippen LogP contribution in [0, 0.1) is 0 Å². The Labute approximate surface area is 137 Å². The number of aromatic nitrogens is 5. The zero-order valence-electron chi connectivity index (χ0n) is 13.0. The number of nitrogens with one attached hydrogen (secondary N) is 2. The van der Waals surface area contributed by atoms with Crippen molar-refractivity contribution in [3.8, 4) is 10.6 Å². The van der Waals surface area contributed by atoms with E-state index in [0.717, 1.165) is 10.6 Å². The van der Waals surface area contributed by atoms with Crippen LogP contribution in [0.4, 0.5) is 5.95 Å². The summed E-state index contributed by atoms with van der Waals surface area (Å²) < 4.78 is 0. The Kier molecular flexibility index (Phi) is 3.91. The van der Waals surface area contributed by atoms with E-state index in [1.165, 1.54) is 16.9 Å². The van der Waals surface area contributed by atoms with Crippen LogP contribution in [-0.4, -0.2) is 31.5 Å². The normalized spacial score (nSPS) is 11.4. The summed E-state index contributed by atoms with van der Waals surface area (Å²) in [7, 11) is 0. The van der Waals surface area contributed by atoms with Gasteiger partial charge in [0.1, 0.15) is 10.7 Å². The summed E-state index contributed by atoms with van der Waals surface area (Å²) in [6, 6.07) is 8.11. The van der Waals surface area contributed by atoms with E-state index < -0.39 is 0 Å². The molecule has 1 amide bonds. The van der Waals surface area contributed by atoms with Crippen molar-refractivity contribution in [3.05, 3.63) is 40.9 Å². The lowest BCUT2D eigenvalue weighted by molar-refractivity contribution is 0.102. The predicted molar refractivity (Wildman–Crippen MR) is 88.4 cm³/mol. The van der Waals surface area contributed by atoms with Gasteiger partial charge in [0.15, 0.2) is 0 Å². The molecule has 3 aromatic rings. The van der Waals surface area contributed by atoms with E-state index in [1.54, 1.807) is 5.38 Å².